The molecule has 14 N–H and O–H groups in total. The molecule has 0 rings (SSSR count). The summed E-state index contributed by atoms with van der Waals surface area (Å²) in [6.45, 7) is 31.9. The van der Waals surface area contributed by atoms with Crippen molar-refractivity contribution in [3.05, 3.63) is 0 Å². The average molecular weight is 2010 g/mol. The number of ketones is 14. The van der Waals surface area contributed by atoms with Gasteiger partial charge in [-0.15, -0.1) is 0 Å². The van der Waals surface area contributed by atoms with Gasteiger partial charge in [0.05, 0.1) is 44.3 Å². The van der Waals surface area contributed by atoms with Crippen LogP contribution in [0.3, 0.4) is 0 Å². The molecule has 0 saturated carbocycles. The van der Waals surface area contributed by atoms with E-state index in [1.807, 2.05) is 0 Å². The number of carboxylic acids is 7. The Bertz CT molecular complexity index is 3530. The predicted molar refractivity (Wildman–Crippen MR) is 536 cm³/mol. The van der Waals surface area contributed by atoms with Gasteiger partial charge in [-0.05, 0) is 147 Å². The Balaban J connectivity index is -0.000000110. The van der Waals surface area contributed by atoms with Crippen molar-refractivity contribution in [1.82, 2.24) is 37.2 Å². The Morgan fingerprint density at radius 2 is 0.464 bits per heavy atom. The van der Waals surface area contributed by atoms with Crippen molar-refractivity contribution in [3.8, 4) is 0 Å². The van der Waals surface area contributed by atoms with Crippen LogP contribution in [0.15, 0.2) is 0 Å². The fourth-order valence-corrected chi connectivity index (χ4v) is 11.3. The van der Waals surface area contributed by atoms with E-state index >= 15 is 0 Å². The highest BCUT2D eigenvalue weighted by molar-refractivity contribution is 5.96. The summed E-state index contributed by atoms with van der Waals surface area (Å²) in [4.78, 5) is 291. The van der Waals surface area contributed by atoms with Crippen LogP contribution < -0.4 is 37.2 Å². The number of carboxylic acid groups (broad SMARTS) is 7. The number of hydrogen-bond acceptors (Lipinski definition) is 28. The number of amides is 5. The van der Waals surface area contributed by atoms with Crippen LogP contribution in [0.2, 0.25) is 0 Å². The average Bonchev–Trinajstić information content (AvgIpc) is 0.864. The molecular formula is C100H183N7O33. The smallest absolute Gasteiger partial charge is 0.303 e. The molecule has 0 fully saturated rings. The molecule has 0 aromatic carbocycles. The normalized spacial score (nSPS) is 12.8. The summed E-state index contributed by atoms with van der Waals surface area (Å²) in [5, 5.41) is 78.2. The van der Waals surface area contributed by atoms with Crippen LogP contribution in [0.4, 0.5) is 0 Å². The molecular weight excluding hydrogens is 1830 g/mol. The third-order valence-corrected chi connectivity index (χ3v) is 21.7. The molecule has 140 heavy (non-hydrogen) atoms. The van der Waals surface area contributed by atoms with Crippen molar-refractivity contribution >= 4 is 152 Å². The Morgan fingerprint density at radius 1 is 0.264 bits per heavy atom. The van der Waals surface area contributed by atoms with E-state index in [1.54, 1.807) is 104 Å². The largest absolute Gasteiger partial charge is 0.481 e. The van der Waals surface area contributed by atoms with E-state index in [-0.39, 0.29) is 360 Å². The minimum Gasteiger partial charge on any atom is -0.481 e. The van der Waals surface area contributed by atoms with Gasteiger partial charge in [0, 0.05) is 161 Å². The molecule has 0 spiro atoms. The van der Waals surface area contributed by atoms with Crippen LogP contribution in [0, 0.1) is 64.6 Å². The molecule has 816 valence electrons. The lowest BCUT2D eigenvalue weighted by Crippen LogP contribution is -2.42. The second-order valence-electron chi connectivity index (χ2n) is 33.8. The van der Waals surface area contributed by atoms with E-state index < -0.39 is 94.9 Å². The Labute approximate surface area is 833 Å². The third-order valence-electron chi connectivity index (χ3n) is 21.7. The molecule has 0 aromatic rings. The van der Waals surface area contributed by atoms with Crippen LogP contribution in [-0.2, 0) is 125 Å². The van der Waals surface area contributed by atoms with Crippen LogP contribution in [0.5, 0.6) is 0 Å². The molecule has 0 bridgehead atoms. The first-order chi connectivity index (χ1) is 61.4. The number of Topliss-reactive ketones (excluding diaryl/α,β-unsaturated/α-hetero) is 14. The lowest BCUT2D eigenvalue weighted by atomic mass is 9.81. The Morgan fingerprint density at radius 3 is 0.650 bits per heavy atom. The molecule has 0 unspecified atom stereocenters. The number of aliphatic carboxylic acids is 7. The topological polar surface area (TPSA) is 670 Å². The fourth-order valence-electron chi connectivity index (χ4n) is 11.3. The lowest BCUT2D eigenvalue weighted by molar-refractivity contribution is -0.139. The van der Waals surface area contributed by atoms with Gasteiger partial charge in [0.1, 0.15) is 46.3 Å². The number of carbonyl (C=O) groups is 26. The quantitative estimate of drug-likeness (QED) is 0.0269. The van der Waals surface area contributed by atoms with E-state index in [0.29, 0.717) is 32.1 Å². The van der Waals surface area contributed by atoms with Crippen molar-refractivity contribution in [2.24, 2.45) is 64.6 Å². The zero-order valence-corrected chi connectivity index (χ0v) is 82.2. The summed E-state index contributed by atoms with van der Waals surface area (Å²) in [5.41, 5.74) is -0.685. The maximum atomic E-state index is 12.0. The third kappa shape index (κ3) is 89.6. The molecule has 0 radical (unpaired) electrons. The minimum atomic E-state index is -0.944. The SMILES string of the molecule is C.C.C.C.C.C.C.CC[C@@H](CCC(=O)O)C(=O)NCC(=O)C[C@@H](C)C(C)=O.CC[C@@H](CCC(=O)O)C(=O)NCC(=O)C[C@H](C)C(C)=O.CC[C@@H](CCC(=O)O)C(=O)N[C@@H](C)C(=O)C[C@@H](C)C(C)=O.CC[C@H](CCC(=O)O)C(=O)NCC(=O)C[C@@H](C)C(C)=O.CC[C@H](CCC(=O)O)C(=O)NCC(=O)C[C@H](C)C(C)=O.CN[C@@H](CCC(=O)O)C(=O)CC(C)(C)C(C)=O.CN[C@H](CCC(=O)O)C(=O)CCC(C)=O. The van der Waals surface area contributed by atoms with Crippen molar-refractivity contribution in [1.29, 1.82) is 0 Å². The van der Waals surface area contributed by atoms with Crippen molar-refractivity contribution in [2.45, 2.75) is 382 Å². The second kappa shape index (κ2) is 91.7. The summed E-state index contributed by atoms with van der Waals surface area (Å²) in [7, 11) is 3.23. The molecule has 0 aliphatic rings. The van der Waals surface area contributed by atoms with Crippen molar-refractivity contribution < 1.29 is 160 Å². The summed E-state index contributed by atoms with van der Waals surface area (Å²) >= 11 is 0. The van der Waals surface area contributed by atoms with Crippen LogP contribution >= 0.6 is 0 Å². The van der Waals surface area contributed by atoms with E-state index in [4.69, 9.17) is 35.7 Å². The zero-order valence-electron chi connectivity index (χ0n) is 82.2. The van der Waals surface area contributed by atoms with Crippen molar-refractivity contribution in [3.63, 3.8) is 0 Å². The number of hydrogen-bond donors (Lipinski definition) is 14. The number of likely N-dealkylation sites (N-methyl/N-ethyl adjacent to an activating group) is 2. The van der Waals surface area contributed by atoms with E-state index in [2.05, 4.69) is 37.2 Å². The molecule has 0 heterocycles. The van der Waals surface area contributed by atoms with Gasteiger partial charge in [-0.3, -0.25) is 120 Å². The summed E-state index contributed by atoms with van der Waals surface area (Å²) in [6, 6.07) is -1.62. The molecule has 0 aliphatic heterocycles. The standard InChI is InChI=1S/C15H25NO5.4C14H23NO5.C12H21NO4.C10H17NO4.7CH4/c1-5-12(6-7-14(19)20)15(21)16-10(3)13(18)8-9(2)11(4)17;4*1-4-11(5-6-13(18)19)14(20)15-8-12(17)7-9(2)10(3)16;1-8(14)12(2,3)7-10(15)9(13-4)5-6-11(16)17;1-7(12)3-5-9(13)8(11-2)4-6-10(14)15;;;;;;;/h9-10,12H,5-8H2,1-4H3,(H,16,21)(H,19,20);4*9,11H,4-8H2,1-3H3,(H,15,20)(H,18,19);9,13H,5-7H2,1-4H3,(H,16,17);8,11H,3-6H2,1-2H3,(H,14,15);7*1H4/t9-,10+,12+;2*9-,11+;2*9-,11-;9-;8-;;;;;;;/m1101001......./s1. The number of nitrogens with one attached hydrogen (secondary N) is 7. The van der Waals surface area contributed by atoms with E-state index in [9.17, 15) is 125 Å². The number of carbonyl (C=O) groups excluding carboxylic acids is 19. The number of rotatable bonds is 66. The van der Waals surface area contributed by atoms with Crippen molar-refractivity contribution in [2.75, 3.05) is 40.3 Å². The monoisotopic (exact) mass is 2010 g/mol. The first kappa shape index (κ1) is 160. The fraction of sp³-hybridized carbons (Fsp3) is 0.740. The molecule has 0 saturated heterocycles. The summed E-state index contributed by atoms with van der Waals surface area (Å²) < 4.78 is 0. The lowest BCUT2D eigenvalue weighted by Gasteiger charge is -2.23. The molecule has 0 aliphatic carbocycles. The molecule has 40 nitrogen and oxygen atoms in total. The van der Waals surface area contributed by atoms with Gasteiger partial charge in [0.2, 0.25) is 29.5 Å². The van der Waals surface area contributed by atoms with Gasteiger partial charge in [-0.2, -0.15) is 0 Å². The minimum absolute atomic E-state index is 0. The van der Waals surface area contributed by atoms with E-state index in [0.717, 1.165) is 0 Å². The molecule has 0 aromatic heterocycles. The molecule has 5 amide bonds. The van der Waals surface area contributed by atoms with Gasteiger partial charge in [-0.25, -0.2) is 0 Å². The Kier molecular flexibility index (Phi) is 105. The van der Waals surface area contributed by atoms with Gasteiger partial charge in [-0.1, -0.05) is 135 Å². The van der Waals surface area contributed by atoms with Crippen LogP contribution in [0.1, 0.15) is 364 Å². The maximum Gasteiger partial charge on any atom is 0.303 e. The van der Waals surface area contributed by atoms with Gasteiger partial charge < -0.3 is 77.8 Å². The molecule has 40 heteroatoms. The Hall–Kier alpha value is -11.1. The highest BCUT2D eigenvalue weighted by Gasteiger charge is 2.32. The highest BCUT2D eigenvalue weighted by atomic mass is 16.4. The maximum absolute atomic E-state index is 12.0. The van der Waals surface area contributed by atoms with Crippen LogP contribution in [-0.4, -0.2) is 246 Å². The molecule has 13 atom stereocenters. The summed E-state index contributed by atoms with van der Waals surface area (Å²) in [5.74, 6) is -13.4. The van der Waals surface area contributed by atoms with Crippen LogP contribution in [0.25, 0.3) is 0 Å². The first-order valence-electron chi connectivity index (χ1n) is 44.9. The summed E-state index contributed by atoms with van der Waals surface area (Å²) in [6.07, 6.45) is 5.06. The van der Waals surface area contributed by atoms with Gasteiger partial charge >= 0.3 is 41.8 Å². The van der Waals surface area contributed by atoms with E-state index in [1.165, 1.54) is 48.5 Å². The zero-order chi connectivity index (χ0) is 105. The first-order valence-corrected chi connectivity index (χ1v) is 44.9. The highest BCUT2D eigenvalue weighted by Crippen LogP contribution is 2.24. The second-order valence-corrected chi connectivity index (χ2v) is 33.8. The van der Waals surface area contributed by atoms with Gasteiger partial charge in [0.25, 0.3) is 0 Å². The predicted octanol–water partition coefficient (Wildman–Crippen LogP) is 12.1. The van der Waals surface area contributed by atoms with Gasteiger partial charge in [0.15, 0.2) is 34.7 Å².